The van der Waals surface area contributed by atoms with Gasteiger partial charge >= 0.3 is 0 Å². The largest absolute Gasteiger partial charge is 0.493 e. The standard InChI is InChI=1S/C21H16ClNO4S/c22-16-6-4-14(5-7-16)17(24)12-23-20(25)19(28-21(23)26)11-13-3-8-18-15(10-13)2-1-9-27-18/h3-8,10-11H,1-2,9,12H2/b19-11+. The summed E-state index contributed by atoms with van der Waals surface area (Å²) in [5, 5.41) is 0.0703. The Morgan fingerprint density at radius 1 is 1.18 bits per heavy atom. The van der Waals surface area contributed by atoms with Crippen LogP contribution in [0.2, 0.25) is 5.02 Å². The average molecular weight is 414 g/mol. The van der Waals surface area contributed by atoms with Crippen LogP contribution in [-0.4, -0.2) is 35.0 Å². The van der Waals surface area contributed by atoms with Crippen LogP contribution in [-0.2, 0) is 11.2 Å². The van der Waals surface area contributed by atoms with E-state index in [0.29, 0.717) is 22.1 Å². The van der Waals surface area contributed by atoms with Gasteiger partial charge in [0.25, 0.3) is 11.1 Å². The molecule has 7 heteroatoms. The zero-order valence-corrected chi connectivity index (χ0v) is 16.4. The maximum atomic E-state index is 12.6. The van der Waals surface area contributed by atoms with Crippen molar-refractivity contribution in [2.24, 2.45) is 0 Å². The second-order valence-electron chi connectivity index (χ2n) is 6.52. The highest BCUT2D eigenvalue weighted by molar-refractivity contribution is 8.18. The number of hydrogen-bond donors (Lipinski definition) is 0. The maximum absolute atomic E-state index is 12.6. The molecule has 0 aliphatic carbocycles. The van der Waals surface area contributed by atoms with Crippen molar-refractivity contribution in [3.63, 3.8) is 0 Å². The molecule has 0 radical (unpaired) electrons. The number of aryl methyl sites for hydroxylation is 1. The third-order valence-corrected chi connectivity index (χ3v) is 5.73. The molecule has 4 rings (SSSR count). The number of benzene rings is 2. The van der Waals surface area contributed by atoms with Gasteiger partial charge in [0.05, 0.1) is 18.1 Å². The Bertz CT molecular complexity index is 1000. The number of ether oxygens (including phenoxy) is 1. The maximum Gasteiger partial charge on any atom is 0.293 e. The predicted molar refractivity (Wildman–Crippen MR) is 109 cm³/mol. The minimum atomic E-state index is -0.453. The number of thioether (sulfide) groups is 1. The van der Waals surface area contributed by atoms with Crippen molar-refractivity contribution in [1.29, 1.82) is 0 Å². The Morgan fingerprint density at radius 3 is 2.75 bits per heavy atom. The Kier molecular flexibility index (Phi) is 5.24. The number of carbonyl (C=O) groups is 3. The third kappa shape index (κ3) is 3.84. The predicted octanol–water partition coefficient (Wildman–Crippen LogP) is 4.58. The van der Waals surface area contributed by atoms with E-state index in [1.165, 1.54) is 0 Å². The van der Waals surface area contributed by atoms with Gasteiger partial charge in [0, 0.05) is 10.6 Å². The molecular formula is C21H16ClNO4S. The van der Waals surface area contributed by atoms with Crippen molar-refractivity contribution >= 4 is 46.4 Å². The van der Waals surface area contributed by atoms with E-state index in [1.807, 2.05) is 18.2 Å². The summed E-state index contributed by atoms with van der Waals surface area (Å²) in [6.07, 6.45) is 3.57. The van der Waals surface area contributed by atoms with Crippen LogP contribution in [0.4, 0.5) is 4.79 Å². The molecule has 2 aromatic carbocycles. The van der Waals surface area contributed by atoms with E-state index >= 15 is 0 Å². The molecule has 2 aromatic rings. The topological polar surface area (TPSA) is 63.7 Å². The Morgan fingerprint density at radius 2 is 1.96 bits per heavy atom. The molecule has 1 saturated heterocycles. The number of amides is 2. The summed E-state index contributed by atoms with van der Waals surface area (Å²) in [5.41, 5.74) is 2.33. The van der Waals surface area contributed by atoms with Gasteiger partial charge in [-0.05, 0) is 78.2 Å². The van der Waals surface area contributed by atoms with Crippen molar-refractivity contribution < 1.29 is 19.1 Å². The van der Waals surface area contributed by atoms with Gasteiger partial charge < -0.3 is 4.74 Å². The van der Waals surface area contributed by atoms with Gasteiger partial charge in [-0.3, -0.25) is 19.3 Å². The first kappa shape index (κ1) is 18.8. The first-order chi connectivity index (χ1) is 13.5. The first-order valence-electron chi connectivity index (χ1n) is 8.81. The third-order valence-electron chi connectivity index (χ3n) is 4.57. The fraction of sp³-hybridized carbons (Fsp3) is 0.190. The van der Waals surface area contributed by atoms with E-state index in [2.05, 4.69) is 0 Å². The normalized spacial score (nSPS) is 17.6. The molecule has 142 valence electrons. The highest BCUT2D eigenvalue weighted by Gasteiger charge is 2.36. The van der Waals surface area contributed by atoms with E-state index in [4.69, 9.17) is 16.3 Å². The van der Waals surface area contributed by atoms with E-state index in [9.17, 15) is 14.4 Å². The molecule has 2 aliphatic heterocycles. The summed E-state index contributed by atoms with van der Waals surface area (Å²) in [7, 11) is 0. The number of ketones is 1. The summed E-state index contributed by atoms with van der Waals surface area (Å²) in [4.78, 5) is 38.6. The van der Waals surface area contributed by atoms with Crippen molar-refractivity contribution in [2.45, 2.75) is 12.8 Å². The van der Waals surface area contributed by atoms with Gasteiger partial charge in [-0.2, -0.15) is 0 Å². The molecule has 0 unspecified atom stereocenters. The molecule has 5 nitrogen and oxygen atoms in total. The number of hydrogen-bond acceptors (Lipinski definition) is 5. The summed E-state index contributed by atoms with van der Waals surface area (Å²) < 4.78 is 5.60. The fourth-order valence-electron chi connectivity index (χ4n) is 3.13. The second-order valence-corrected chi connectivity index (χ2v) is 7.95. The van der Waals surface area contributed by atoms with Gasteiger partial charge in [-0.1, -0.05) is 17.7 Å². The minimum Gasteiger partial charge on any atom is -0.493 e. The molecule has 0 bridgehead atoms. The average Bonchev–Trinajstić information content (AvgIpc) is 2.95. The molecule has 2 amide bonds. The highest BCUT2D eigenvalue weighted by atomic mass is 35.5. The Balaban J connectivity index is 1.51. The van der Waals surface area contributed by atoms with Crippen molar-refractivity contribution in [1.82, 2.24) is 4.90 Å². The molecular weight excluding hydrogens is 398 g/mol. The zero-order chi connectivity index (χ0) is 19.7. The number of rotatable bonds is 4. The minimum absolute atomic E-state index is 0.290. The molecule has 0 saturated carbocycles. The summed E-state index contributed by atoms with van der Waals surface area (Å²) in [5.74, 6) is 0.0995. The van der Waals surface area contributed by atoms with Crippen LogP contribution in [0.1, 0.15) is 27.9 Å². The summed E-state index contributed by atoms with van der Waals surface area (Å²) in [6.45, 7) is 0.425. The lowest BCUT2D eigenvalue weighted by molar-refractivity contribution is -0.122. The molecule has 28 heavy (non-hydrogen) atoms. The van der Waals surface area contributed by atoms with E-state index in [-0.39, 0.29) is 12.3 Å². The molecule has 0 N–H and O–H groups in total. The number of carbonyl (C=O) groups excluding carboxylic acids is 3. The van der Waals surface area contributed by atoms with Gasteiger partial charge in [0.1, 0.15) is 5.75 Å². The van der Waals surface area contributed by atoms with E-state index < -0.39 is 11.1 Å². The first-order valence-corrected chi connectivity index (χ1v) is 10.0. The second kappa shape index (κ2) is 7.81. The number of halogens is 1. The summed E-state index contributed by atoms with van der Waals surface area (Å²) in [6, 6.07) is 12.1. The monoisotopic (exact) mass is 413 g/mol. The molecule has 0 aromatic heterocycles. The Hall–Kier alpha value is -2.57. The van der Waals surface area contributed by atoms with Gasteiger partial charge in [0.2, 0.25) is 0 Å². The number of fused-ring (bicyclic) bond motifs is 1. The van der Waals surface area contributed by atoms with Crippen LogP contribution in [0.3, 0.4) is 0 Å². The van der Waals surface area contributed by atoms with Crippen LogP contribution in [0.25, 0.3) is 6.08 Å². The zero-order valence-electron chi connectivity index (χ0n) is 14.8. The van der Waals surface area contributed by atoms with Crippen LogP contribution in [0, 0.1) is 0 Å². The fourth-order valence-corrected chi connectivity index (χ4v) is 4.09. The van der Waals surface area contributed by atoms with Crippen molar-refractivity contribution in [2.75, 3.05) is 13.2 Å². The molecule has 2 heterocycles. The smallest absolute Gasteiger partial charge is 0.293 e. The lowest BCUT2D eigenvalue weighted by Gasteiger charge is -2.17. The summed E-state index contributed by atoms with van der Waals surface area (Å²) >= 11 is 6.67. The molecule has 2 aliphatic rings. The quantitative estimate of drug-likeness (QED) is 0.542. The lowest BCUT2D eigenvalue weighted by Crippen LogP contribution is -2.33. The molecule has 0 atom stereocenters. The van der Waals surface area contributed by atoms with Gasteiger partial charge in [-0.15, -0.1) is 0 Å². The molecule has 0 spiro atoms. The molecule has 1 fully saturated rings. The van der Waals surface area contributed by atoms with Gasteiger partial charge in [0.15, 0.2) is 5.78 Å². The Labute approximate surface area is 171 Å². The van der Waals surface area contributed by atoms with Crippen molar-refractivity contribution in [3.8, 4) is 5.75 Å². The lowest BCUT2D eigenvalue weighted by atomic mass is 10.0. The highest BCUT2D eigenvalue weighted by Crippen LogP contribution is 2.33. The van der Waals surface area contributed by atoms with Crippen LogP contribution in [0.5, 0.6) is 5.75 Å². The van der Waals surface area contributed by atoms with Crippen LogP contribution >= 0.6 is 23.4 Å². The SMILES string of the molecule is O=C(CN1C(=O)S/C(=C/c2ccc3c(c2)CCCO3)C1=O)c1ccc(Cl)cc1. The van der Waals surface area contributed by atoms with Gasteiger partial charge in [-0.25, -0.2) is 0 Å². The van der Waals surface area contributed by atoms with Crippen LogP contribution < -0.4 is 4.74 Å². The number of nitrogens with zero attached hydrogens (tertiary/aromatic N) is 1. The van der Waals surface area contributed by atoms with Crippen molar-refractivity contribution in [3.05, 3.63) is 69.1 Å². The van der Waals surface area contributed by atoms with E-state index in [1.54, 1.807) is 30.3 Å². The van der Waals surface area contributed by atoms with E-state index in [0.717, 1.165) is 46.4 Å². The number of imide groups is 1. The van der Waals surface area contributed by atoms with Crippen LogP contribution in [0.15, 0.2) is 47.4 Å². The number of Topliss-reactive ketones (excluding diaryl/α,β-unsaturated/α-hetero) is 1.